The minimum atomic E-state index is -1.18. The van der Waals surface area contributed by atoms with Crippen molar-refractivity contribution in [3.63, 3.8) is 0 Å². The summed E-state index contributed by atoms with van der Waals surface area (Å²) in [6, 6.07) is 2.04. The van der Waals surface area contributed by atoms with Gasteiger partial charge in [-0.3, -0.25) is 4.79 Å². The second kappa shape index (κ2) is 7.03. The lowest BCUT2D eigenvalue weighted by Gasteiger charge is -2.27. The van der Waals surface area contributed by atoms with Crippen LogP contribution in [-0.2, 0) is 9.53 Å². The van der Waals surface area contributed by atoms with Gasteiger partial charge < -0.3 is 20.1 Å². The average molecular weight is 334 g/mol. The van der Waals surface area contributed by atoms with Gasteiger partial charge in [-0.2, -0.15) is 0 Å². The predicted octanol–water partition coefficient (Wildman–Crippen LogP) is 0.800. The first-order valence-corrected chi connectivity index (χ1v) is 8.60. The minimum absolute atomic E-state index is 0.0956. The van der Waals surface area contributed by atoms with Crippen LogP contribution in [0.15, 0.2) is 12.4 Å². The molecule has 2 heterocycles. The number of amides is 1. The lowest BCUT2D eigenvalue weighted by Crippen LogP contribution is -2.49. The summed E-state index contributed by atoms with van der Waals surface area (Å²) >= 11 is 0. The number of methoxy groups -OCH3 is 1. The molecule has 1 aromatic rings. The molecule has 7 heteroatoms. The van der Waals surface area contributed by atoms with Gasteiger partial charge in [-0.25, -0.2) is 9.97 Å². The van der Waals surface area contributed by atoms with Crippen molar-refractivity contribution in [2.45, 2.75) is 56.8 Å². The smallest absolute Gasteiger partial charge is 0.252 e. The Morgan fingerprint density at radius 2 is 2.21 bits per heavy atom. The Bertz CT molecular complexity index is 589. The van der Waals surface area contributed by atoms with Crippen LogP contribution in [0, 0.1) is 6.92 Å². The number of nitrogens with one attached hydrogen (secondary N) is 1. The van der Waals surface area contributed by atoms with Gasteiger partial charge in [-0.05, 0) is 39.0 Å². The van der Waals surface area contributed by atoms with Crippen molar-refractivity contribution in [2.24, 2.45) is 0 Å². The Morgan fingerprint density at radius 3 is 2.88 bits per heavy atom. The molecule has 7 nitrogen and oxygen atoms in total. The number of hydrogen-bond donors (Lipinski definition) is 2. The summed E-state index contributed by atoms with van der Waals surface area (Å²) in [6.07, 6.45) is 5.41. The highest BCUT2D eigenvalue weighted by atomic mass is 16.5. The number of carbonyl (C=O) groups excluding carboxylic acids is 1. The molecule has 2 N–H and O–H groups in total. The molecule has 3 rings (SSSR count). The maximum atomic E-state index is 12.3. The second-order valence-electron chi connectivity index (χ2n) is 6.87. The van der Waals surface area contributed by atoms with Crippen LogP contribution >= 0.6 is 0 Å². The number of hydrogen-bond acceptors (Lipinski definition) is 6. The molecule has 24 heavy (non-hydrogen) atoms. The van der Waals surface area contributed by atoms with Crippen LogP contribution in [0.25, 0.3) is 0 Å². The van der Waals surface area contributed by atoms with Crippen molar-refractivity contribution in [3.05, 3.63) is 18.1 Å². The van der Waals surface area contributed by atoms with Crippen LogP contribution in [0.3, 0.4) is 0 Å². The predicted molar refractivity (Wildman–Crippen MR) is 89.7 cm³/mol. The third kappa shape index (κ3) is 3.52. The van der Waals surface area contributed by atoms with Crippen molar-refractivity contribution in [2.75, 3.05) is 25.1 Å². The molecule has 1 saturated carbocycles. The van der Waals surface area contributed by atoms with Gasteiger partial charge in [0.1, 0.15) is 17.7 Å². The number of nitrogens with zero attached hydrogens (tertiary/aromatic N) is 3. The number of aromatic nitrogens is 2. The Balaban J connectivity index is 1.67. The highest BCUT2D eigenvalue weighted by molar-refractivity contribution is 5.85. The number of anilines is 1. The monoisotopic (exact) mass is 334 g/mol. The Hall–Kier alpha value is -1.73. The van der Waals surface area contributed by atoms with Crippen LogP contribution in [0.1, 0.15) is 37.8 Å². The van der Waals surface area contributed by atoms with Gasteiger partial charge in [0, 0.05) is 32.0 Å². The zero-order valence-corrected chi connectivity index (χ0v) is 14.4. The highest BCUT2D eigenvalue weighted by Gasteiger charge is 2.40. The fourth-order valence-electron chi connectivity index (χ4n) is 3.68. The summed E-state index contributed by atoms with van der Waals surface area (Å²) in [5.74, 6) is 0.598. The van der Waals surface area contributed by atoms with Gasteiger partial charge in [0.05, 0.1) is 12.1 Å². The Morgan fingerprint density at radius 1 is 1.46 bits per heavy atom. The molecule has 1 aliphatic heterocycles. The first kappa shape index (κ1) is 17.1. The van der Waals surface area contributed by atoms with Crippen molar-refractivity contribution in [1.29, 1.82) is 0 Å². The van der Waals surface area contributed by atoms with Crippen LogP contribution < -0.4 is 10.2 Å². The van der Waals surface area contributed by atoms with Crippen molar-refractivity contribution < 1.29 is 14.6 Å². The Labute approximate surface area is 142 Å². The van der Waals surface area contributed by atoms with E-state index in [2.05, 4.69) is 20.2 Å². The van der Waals surface area contributed by atoms with Gasteiger partial charge in [0.2, 0.25) is 0 Å². The topological polar surface area (TPSA) is 87.6 Å². The average Bonchev–Trinajstić information content (AvgIpc) is 3.19. The molecule has 2 atom stereocenters. The van der Waals surface area contributed by atoms with Gasteiger partial charge >= 0.3 is 0 Å². The summed E-state index contributed by atoms with van der Waals surface area (Å²) in [5, 5.41) is 13.3. The SMILES string of the molecule is CO[C@H]1C[C@@H](CNC(=O)C2(O)CCCC2)N(c2cc(C)ncn2)C1. The molecule has 1 aromatic heterocycles. The number of rotatable bonds is 5. The van der Waals surface area contributed by atoms with E-state index < -0.39 is 5.60 Å². The van der Waals surface area contributed by atoms with E-state index in [1.807, 2.05) is 13.0 Å². The molecule has 1 amide bonds. The van der Waals surface area contributed by atoms with E-state index in [4.69, 9.17) is 4.74 Å². The Kier molecular flexibility index (Phi) is 5.01. The van der Waals surface area contributed by atoms with Crippen LogP contribution in [0.2, 0.25) is 0 Å². The van der Waals surface area contributed by atoms with E-state index in [9.17, 15) is 9.90 Å². The quantitative estimate of drug-likeness (QED) is 0.828. The number of aryl methyl sites for hydroxylation is 1. The molecular weight excluding hydrogens is 308 g/mol. The summed E-state index contributed by atoms with van der Waals surface area (Å²) in [7, 11) is 1.70. The van der Waals surface area contributed by atoms with Crippen LogP contribution in [-0.4, -0.2) is 58.9 Å². The minimum Gasteiger partial charge on any atom is -0.380 e. The molecule has 1 aliphatic carbocycles. The summed E-state index contributed by atoms with van der Waals surface area (Å²) < 4.78 is 5.50. The van der Waals surface area contributed by atoms with Gasteiger partial charge in [0.25, 0.3) is 5.91 Å². The van der Waals surface area contributed by atoms with E-state index in [0.29, 0.717) is 19.4 Å². The molecule has 0 aromatic carbocycles. The van der Waals surface area contributed by atoms with Crippen molar-refractivity contribution in [3.8, 4) is 0 Å². The molecule has 1 saturated heterocycles. The zero-order chi connectivity index (χ0) is 17.2. The summed E-state index contributed by atoms with van der Waals surface area (Å²) in [5.41, 5.74) is -0.279. The molecule has 0 bridgehead atoms. The zero-order valence-electron chi connectivity index (χ0n) is 14.4. The fraction of sp³-hybridized carbons (Fsp3) is 0.706. The first-order chi connectivity index (χ1) is 11.5. The van der Waals surface area contributed by atoms with Crippen LogP contribution in [0.4, 0.5) is 5.82 Å². The first-order valence-electron chi connectivity index (χ1n) is 8.60. The maximum absolute atomic E-state index is 12.3. The lowest BCUT2D eigenvalue weighted by atomic mass is 10.0. The molecule has 132 valence electrons. The van der Waals surface area contributed by atoms with E-state index in [-0.39, 0.29) is 18.1 Å². The van der Waals surface area contributed by atoms with E-state index >= 15 is 0 Å². The van der Waals surface area contributed by atoms with E-state index in [1.54, 1.807) is 13.4 Å². The largest absolute Gasteiger partial charge is 0.380 e. The highest BCUT2D eigenvalue weighted by Crippen LogP contribution is 2.30. The van der Waals surface area contributed by atoms with Crippen molar-refractivity contribution >= 4 is 11.7 Å². The fourth-order valence-corrected chi connectivity index (χ4v) is 3.68. The summed E-state index contributed by atoms with van der Waals surface area (Å²) in [4.78, 5) is 23.0. The molecule has 0 spiro atoms. The maximum Gasteiger partial charge on any atom is 0.252 e. The van der Waals surface area contributed by atoms with Gasteiger partial charge in [0.15, 0.2) is 0 Å². The lowest BCUT2D eigenvalue weighted by molar-refractivity contribution is -0.139. The van der Waals surface area contributed by atoms with Crippen LogP contribution in [0.5, 0.6) is 0 Å². The number of aliphatic hydroxyl groups is 1. The van der Waals surface area contributed by atoms with Crippen molar-refractivity contribution in [1.82, 2.24) is 15.3 Å². The van der Waals surface area contributed by atoms with E-state index in [0.717, 1.165) is 37.3 Å². The third-order valence-electron chi connectivity index (χ3n) is 5.14. The summed E-state index contributed by atoms with van der Waals surface area (Å²) in [6.45, 7) is 3.14. The standard InChI is InChI=1S/C17H26N4O3/c1-12-7-15(20-11-19-12)21-10-14(24-2)8-13(21)9-18-16(22)17(23)5-3-4-6-17/h7,11,13-14,23H,3-6,8-10H2,1-2H3,(H,18,22)/t13-,14-/m0/s1. The normalized spacial score (nSPS) is 25.9. The molecule has 0 unspecified atom stereocenters. The second-order valence-corrected chi connectivity index (χ2v) is 6.87. The molecular formula is C17H26N4O3. The van der Waals surface area contributed by atoms with Gasteiger partial charge in [-0.15, -0.1) is 0 Å². The number of ether oxygens (including phenoxy) is 1. The van der Waals surface area contributed by atoms with Gasteiger partial charge in [-0.1, -0.05) is 0 Å². The molecule has 0 radical (unpaired) electrons. The molecule has 2 fully saturated rings. The third-order valence-corrected chi connectivity index (χ3v) is 5.14. The number of carbonyl (C=O) groups is 1. The molecule has 2 aliphatic rings. The van der Waals surface area contributed by atoms with E-state index in [1.165, 1.54) is 0 Å².